The molecular formula is H2N2Na2O4S2. The van der Waals surface area contributed by atoms with Gasteiger partial charge < -0.3 is 11.1 Å². The molecule has 0 heterocycles. The first-order chi connectivity index (χ1) is 3.64. The van der Waals surface area contributed by atoms with Crippen LogP contribution in [0.4, 0.5) is 0 Å². The van der Waals surface area contributed by atoms with Gasteiger partial charge in [0, 0.05) is 0 Å². The molecule has 0 fully saturated rings. The molecule has 0 saturated carbocycles. The van der Waals surface area contributed by atoms with Crippen molar-refractivity contribution in [2.24, 2.45) is 0 Å². The smallest absolute Gasteiger partial charge is 1.00 e. The zero-order valence-corrected chi connectivity index (χ0v) is 11.1. The molecule has 0 spiro atoms. The van der Waals surface area contributed by atoms with E-state index in [0.717, 1.165) is 0 Å². The van der Waals surface area contributed by atoms with Crippen LogP contribution >= 0.6 is 0 Å². The third-order valence-corrected chi connectivity index (χ3v) is 1.10. The molecule has 2 N–H and O–H groups in total. The van der Waals surface area contributed by atoms with E-state index in [1.54, 1.807) is 0 Å². The van der Waals surface area contributed by atoms with Gasteiger partial charge in [0.25, 0.3) is 20.2 Å². The Morgan fingerprint density at radius 3 is 1.00 bits per heavy atom. The monoisotopic (exact) mass is 204 g/mol. The fourth-order valence-corrected chi connectivity index (χ4v) is 0. The average molecular weight is 204 g/mol. The Kier molecular flexibility index (Phi) is 38.6. The SMILES string of the molecule is O=S(O)S(=O)O.[N-]=[N-].[Na+].[Na+]. The van der Waals surface area contributed by atoms with Crippen LogP contribution in [-0.2, 0) is 20.2 Å². The number of nitrogens with zero attached hydrogens (tertiary/aromatic N) is 2. The topological polar surface area (TPSA) is 119 Å². The van der Waals surface area contributed by atoms with Crippen LogP contribution in [0.15, 0.2) is 0 Å². The first-order valence-electron chi connectivity index (χ1n) is 1.07. The van der Waals surface area contributed by atoms with E-state index in [1.807, 2.05) is 0 Å². The Bertz CT molecular complexity index is 95.4. The second-order valence-corrected chi connectivity index (χ2v) is 3.01. The van der Waals surface area contributed by atoms with Crippen molar-refractivity contribution in [3.8, 4) is 0 Å². The summed E-state index contributed by atoms with van der Waals surface area (Å²) in [7, 11) is -5.18. The summed E-state index contributed by atoms with van der Waals surface area (Å²) in [6.45, 7) is 0. The molecule has 0 aliphatic heterocycles. The summed E-state index contributed by atoms with van der Waals surface area (Å²) in [5.41, 5.74) is 12.0. The van der Waals surface area contributed by atoms with Crippen LogP contribution < -0.4 is 59.1 Å². The van der Waals surface area contributed by atoms with Gasteiger partial charge in [-0.1, -0.05) is 0 Å². The molecule has 10 heavy (non-hydrogen) atoms. The van der Waals surface area contributed by atoms with Crippen LogP contribution in [0.25, 0.3) is 11.1 Å². The molecule has 0 aromatic heterocycles. The van der Waals surface area contributed by atoms with Gasteiger partial charge in [0.15, 0.2) is 0 Å². The van der Waals surface area contributed by atoms with Crippen LogP contribution in [0.3, 0.4) is 0 Å². The van der Waals surface area contributed by atoms with E-state index in [-0.39, 0.29) is 59.1 Å². The normalized spacial score (nSPS) is 12.2. The van der Waals surface area contributed by atoms with E-state index in [2.05, 4.69) is 0 Å². The fraction of sp³-hybridized carbons (Fsp3) is 0. The molecule has 2 atom stereocenters. The molecule has 0 aliphatic rings. The maximum Gasteiger partial charge on any atom is 1.00 e. The largest absolute Gasteiger partial charge is 1.00 e. The summed E-state index contributed by atoms with van der Waals surface area (Å²) in [6.07, 6.45) is 0. The predicted molar refractivity (Wildman–Crippen MR) is 28.3 cm³/mol. The summed E-state index contributed by atoms with van der Waals surface area (Å²) >= 11 is 0. The van der Waals surface area contributed by atoms with Gasteiger partial charge in [0.2, 0.25) is 0 Å². The van der Waals surface area contributed by atoms with Crippen molar-refractivity contribution in [3.63, 3.8) is 0 Å². The zero-order chi connectivity index (χ0) is 7.15. The maximum absolute atomic E-state index is 9.26. The molecule has 6 nitrogen and oxygen atoms in total. The molecule has 10 heteroatoms. The minimum Gasteiger partial charge on any atom is -1.00 e. The van der Waals surface area contributed by atoms with Crippen molar-refractivity contribution in [3.05, 3.63) is 11.1 Å². The Labute approximate surface area is 106 Å². The van der Waals surface area contributed by atoms with Gasteiger partial charge in [0.1, 0.15) is 0 Å². The van der Waals surface area contributed by atoms with Crippen LogP contribution in [-0.4, -0.2) is 17.5 Å². The molecule has 2 unspecified atom stereocenters. The van der Waals surface area contributed by atoms with E-state index < -0.39 is 20.2 Å². The summed E-state index contributed by atoms with van der Waals surface area (Å²) in [4.78, 5) is 0. The van der Waals surface area contributed by atoms with E-state index in [4.69, 9.17) is 20.2 Å². The quantitative estimate of drug-likeness (QED) is 0.191. The van der Waals surface area contributed by atoms with Crippen LogP contribution in [0, 0.1) is 0 Å². The molecule has 0 amide bonds. The summed E-state index contributed by atoms with van der Waals surface area (Å²) < 4.78 is 33.6. The first-order valence-corrected chi connectivity index (χ1v) is 3.80. The predicted octanol–water partition coefficient (Wildman–Crippen LogP) is -6.07. The minimum atomic E-state index is -2.59. The third-order valence-electron chi connectivity index (χ3n) is 0.122. The van der Waals surface area contributed by atoms with Gasteiger partial charge in [-0.15, -0.1) is 0 Å². The molecule has 0 saturated heterocycles. The summed E-state index contributed by atoms with van der Waals surface area (Å²) in [6, 6.07) is 0. The second kappa shape index (κ2) is 17.1. The van der Waals surface area contributed by atoms with Crippen LogP contribution in [0.5, 0.6) is 0 Å². The van der Waals surface area contributed by atoms with Crippen molar-refractivity contribution in [2.45, 2.75) is 0 Å². The van der Waals surface area contributed by atoms with Crippen molar-refractivity contribution in [1.29, 1.82) is 0 Å². The van der Waals surface area contributed by atoms with Crippen molar-refractivity contribution in [2.75, 3.05) is 0 Å². The molecule has 0 aromatic rings. The number of hydrogen-bond acceptors (Lipinski definition) is 2. The van der Waals surface area contributed by atoms with E-state index in [1.165, 1.54) is 0 Å². The minimum absolute atomic E-state index is 0. The van der Waals surface area contributed by atoms with Crippen LogP contribution in [0.2, 0.25) is 0 Å². The van der Waals surface area contributed by atoms with Crippen molar-refractivity contribution < 1.29 is 76.6 Å². The van der Waals surface area contributed by atoms with E-state index >= 15 is 0 Å². The van der Waals surface area contributed by atoms with E-state index in [0.29, 0.717) is 0 Å². The molecular weight excluding hydrogens is 202 g/mol. The fourth-order valence-electron chi connectivity index (χ4n) is 0. The Morgan fingerprint density at radius 1 is 0.900 bits per heavy atom. The van der Waals surface area contributed by atoms with Gasteiger partial charge >= 0.3 is 59.1 Å². The van der Waals surface area contributed by atoms with Crippen LogP contribution in [0.1, 0.15) is 0 Å². The van der Waals surface area contributed by atoms with Crippen molar-refractivity contribution >= 4 is 20.2 Å². The van der Waals surface area contributed by atoms with E-state index in [9.17, 15) is 8.42 Å². The average Bonchev–Trinajstić information content (AvgIpc) is 1.72. The standard InChI is InChI=1S/N2.2Na.H2O4S2/c1-2;;;1-5(2)6(3)4/h;;;(H,1,2)(H,3,4)/q-2;2*+1;. The summed E-state index contributed by atoms with van der Waals surface area (Å²) in [5.74, 6) is 0. The van der Waals surface area contributed by atoms with Crippen molar-refractivity contribution in [1.82, 2.24) is 0 Å². The third kappa shape index (κ3) is 22.6. The number of hydrogen-bond donors (Lipinski definition) is 2. The molecule has 50 valence electrons. The Morgan fingerprint density at radius 2 is 1.00 bits per heavy atom. The first kappa shape index (κ1) is 22.6. The zero-order valence-electron chi connectivity index (χ0n) is 5.42. The Balaban J connectivity index is -0.0000000412. The van der Waals surface area contributed by atoms with Gasteiger partial charge in [-0.25, -0.2) is 8.42 Å². The molecule has 0 aromatic carbocycles. The molecule has 0 aliphatic carbocycles. The molecule has 0 bridgehead atoms. The van der Waals surface area contributed by atoms with Gasteiger partial charge in [0.05, 0.1) is 0 Å². The molecule has 0 radical (unpaired) electrons. The summed E-state index contributed by atoms with van der Waals surface area (Å²) in [5, 5.41) is 0. The van der Waals surface area contributed by atoms with Gasteiger partial charge in [-0.05, 0) is 0 Å². The number of rotatable bonds is 1. The molecule has 0 rings (SSSR count). The van der Waals surface area contributed by atoms with Gasteiger partial charge in [-0.3, -0.25) is 9.11 Å². The Hall–Kier alpha value is 1.82. The van der Waals surface area contributed by atoms with Gasteiger partial charge in [-0.2, -0.15) is 0 Å². The maximum atomic E-state index is 9.26. The second-order valence-electron chi connectivity index (χ2n) is 0.434.